The van der Waals surface area contributed by atoms with Crippen molar-refractivity contribution < 1.29 is 29.0 Å². The molecule has 2 N–H and O–H groups in total. The second-order valence-electron chi connectivity index (χ2n) is 9.26. The van der Waals surface area contributed by atoms with Crippen LogP contribution in [0.25, 0.3) is 22.3 Å². The van der Waals surface area contributed by atoms with Crippen LogP contribution in [0.1, 0.15) is 33.0 Å². The Morgan fingerprint density at radius 3 is 1.92 bits per heavy atom. The summed E-state index contributed by atoms with van der Waals surface area (Å²) in [6.07, 6.45) is -0.817. The van der Waals surface area contributed by atoms with Gasteiger partial charge in [-0.1, -0.05) is 91.0 Å². The molecule has 7 nitrogen and oxygen atoms in total. The zero-order valence-corrected chi connectivity index (χ0v) is 21.3. The van der Waals surface area contributed by atoms with E-state index >= 15 is 0 Å². The molecule has 5 rings (SSSR count). The summed E-state index contributed by atoms with van der Waals surface area (Å²) in [5, 5.41) is 12.4. The van der Waals surface area contributed by atoms with Crippen molar-refractivity contribution in [2.24, 2.45) is 0 Å². The maximum Gasteiger partial charge on any atom is 0.407 e. The molecular weight excluding hydrogens is 494 g/mol. The van der Waals surface area contributed by atoms with Crippen LogP contribution in [0.2, 0.25) is 0 Å². The number of carbonyl (C=O) groups excluding carboxylic acids is 2. The van der Waals surface area contributed by atoms with E-state index in [9.17, 15) is 19.5 Å². The SMILES string of the molecule is COC(=O)c1ccccc1-c1ccccc1CC(NC(=O)OCC1c2ccccc2-c2ccccc21)C(=O)O. The number of hydrogen-bond acceptors (Lipinski definition) is 5. The van der Waals surface area contributed by atoms with Crippen molar-refractivity contribution in [1.82, 2.24) is 5.32 Å². The van der Waals surface area contributed by atoms with Gasteiger partial charge in [0, 0.05) is 12.3 Å². The lowest BCUT2D eigenvalue weighted by Crippen LogP contribution is -2.43. The van der Waals surface area contributed by atoms with Gasteiger partial charge < -0.3 is 19.9 Å². The van der Waals surface area contributed by atoms with E-state index in [4.69, 9.17) is 9.47 Å². The van der Waals surface area contributed by atoms with Crippen molar-refractivity contribution >= 4 is 18.0 Å². The second-order valence-corrected chi connectivity index (χ2v) is 9.26. The number of carboxylic acid groups (broad SMARTS) is 1. The first-order chi connectivity index (χ1) is 19.0. The number of amides is 1. The van der Waals surface area contributed by atoms with Crippen molar-refractivity contribution in [3.63, 3.8) is 0 Å². The van der Waals surface area contributed by atoms with Crippen LogP contribution in [0.5, 0.6) is 0 Å². The van der Waals surface area contributed by atoms with E-state index < -0.39 is 24.1 Å². The summed E-state index contributed by atoms with van der Waals surface area (Å²) in [5.74, 6) is -1.83. The summed E-state index contributed by atoms with van der Waals surface area (Å²) in [4.78, 5) is 37.3. The quantitative estimate of drug-likeness (QED) is 0.290. The van der Waals surface area contributed by atoms with E-state index in [1.807, 2.05) is 60.7 Å². The van der Waals surface area contributed by atoms with Gasteiger partial charge >= 0.3 is 18.0 Å². The monoisotopic (exact) mass is 521 g/mol. The highest BCUT2D eigenvalue weighted by atomic mass is 16.5. The van der Waals surface area contributed by atoms with Crippen molar-refractivity contribution in [1.29, 1.82) is 0 Å². The average molecular weight is 522 g/mol. The summed E-state index contributed by atoms with van der Waals surface area (Å²) in [5.41, 5.74) is 6.66. The molecule has 0 aromatic heterocycles. The van der Waals surface area contributed by atoms with Gasteiger partial charge in [0.05, 0.1) is 12.7 Å². The summed E-state index contributed by atoms with van der Waals surface area (Å²) in [6.45, 7) is 0.0787. The molecule has 1 aliphatic rings. The third-order valence-electron chi connectivity index (χ3n) is 7.00. The van der Waals surface area contributed by atoms with Crippen molar-refractivity contribution in [3.05, 3.63) is 119 Å². The van der Waals surface area contributed by atoms with E-state index in [1.165, 1.54) is 7.11 Å². The van der Waals surface area contributed by atoms with Crippen molar-refractivity contribution in [2.75, 3.05) is 13.7 Å². The largest absolute Gasteiger partial charge is 0.480 e. The molecule has 0 saturated carbocycles. The molecule has 0 radical (unpaired) electrons. The molecule has 0 saturated heterocycles. The number of methoxy groups -OCH3 is 1. The molecule has 4 aromatic carbocycles. The van der Waals surface area contributed by atoms with Gasteiger partial charge in [-0.3, -0.25) is 0 Å². The van der Waals surface area contributed by atoms with Gasteiger partial charge in [0.25, 0.3) is 0 Å². The number of alkyl carbamates (subject to hydrolysis) is 1. The van der Waals surface area contributed by atoms with Gasteiger partial charge in [0.2, 0.25) is 0 Å². The minimum absolute atomic E-state index is 0.00872. The molecule has 196 valence electrons. The molecule has 0 fully saturated rings. The van der Waals surface area contributed by atoms with Crippen LogP contribution in [0.4, 0.5) is 4.79 Å². The van der Waals surface area contributed by atoms with Gasteiger partial charge in [-0.25, -0.2) is 14.4 Å². The Morgan fingerprint density at radius 2 is 1.31 bits per heavy atom. The molecule has 0 heterocycles. The molecule has 0 spiro atoms. The Kier molecular flexibility index (Phi) is 7.41. The Bertz CT molecular complexity index is 1500. The van der Waals surface area contributed by atoms with Gasteiger partial charge in [-0.15, -0.1) is 0 Å². The lowest BCUT2D eigenvalue weighted by molar-refractivity contribution is -0.139. The van der Waals surface area contributed by atoms with Crippen LogP contribution >= 0.6 is 0 Å². The molecule has 0 aliphatic heterocycles. The Balaban J connectivity index is 1.32. The standard InChI is InChI=1S/C32H27NO6/c1-38-31(36)27-17-9-8-12-22(27)21-11-3-2-10-20(21)18-29(30(34)35)33-32(37)39-19-28-25-15-6-4-13-23(25)24-14-5-7-16-26(24)28/h2-17,28-29H,18-19H2,1H3,(H,33,37)(H,34,35). The first-order valence-corrected chi connectivity index (χ1v) is 12.6. The van der Waals surface area contributed by atoms with Gasteiger partial charge in [0.1, 0.15) is 12.6 Å². The smallest absolute Gasteiger partial charge is 0.407 e. The van der Waals surface area contributed by atoms with Crippen LogP contribution in [-0.4, -0.2) is 42.9 Å². The van der Waals surface area contributed by atoms with Crippen LogP contribution in [0, 0.1) is 0 Å². The zero-order valence-electron chi connectivity index (χ0n) is 21.3. The predicted molar refractivity (Wildman–Crippen MR) is 147 cm³/mol. The minimum Gasteiger partial charge on any atom is -0.480 e. The number of ether oxygens (including phenoxy) is 2. The summed E-state index contributed by atoms with van der Waals surface area (Å²) < 4.78 is 10.5. The molecule has 39 heavy (non-hydrogen) atoms. The number of rotatable bonds is 8. The van der Waals surface area contributed by atoms with Gasteiger partial charge in [0.15, 0.2) is 0 Å². The third-order valence-corrected chi connectivity index (χ3v) is 7.00. The Morgan fingerprint density at radius 1 is 0.769 bits per heavy atom. The minimum atomic E-state index is -1.24. The average Bonchev–Trinajstić information content (AvgIpc) is 3.29. The molecule has 1 amide bonds. The lowest BCUT2D eigenvalue weighted by Gasteiger charge is -2.19. The highest BCUT2D eigenvalue weighted by Gasteiger charge is 2.30. The fourth-order valence-electron chi connectivity index (χ4n) is 5.17. The highest BCUT2D eigenvalue weighted by molar-refractivity contribution is 5.97. The van der Waals surface area contributed by atoms with E-state index in [1.54, 1.807) is 36.4 Å². The van der Waals surface area contributed by atoms with Crippen molar-refractivity contribution in [2.45, 2.75) is 18.4 Å². The van der Waals surface area contributed by atoms with Crippen LogP contribution < -0.4 is 5.32 Å². The molecule has 1 aliphatic carbocycles. The van der Waals surface area contributed by atoms with Gasteiger partial charge in [-0.05, 0) is 45.0 Å². The van der Waals surface area contributed by atoms with E-state index in [0.29, 0.717) is 22.3 Å². The highest BCUT2D eigenvalue weighted by Crippen LogP contribution is 2.44. The maximum absolute atomic E-state index is 12.8. The molecule has 4 aromatic rings. The number of benzene rings is 4. The zero-order chi connectivity index (χ0) is 27.4. The van der Waals surface area contributed by atoms with Crippen LogP contribution in [0.3, 0.4) is 0 Å². The number of fused-ring (bicyclic) bond motifs is 3. The number of esters is 1. The van der Waals surface area contributed by atoms with Crippen molar-refractivity contribution in [3.8, 4) is 22.3 Å². The van der Waals surface area contributed by atoms with Crippen LogP contribution in [0.15, 0.2) is 97.1 Å². The topological polar surface area (TPSA) is 102 Å². The molecule has 1 atom stereocenters. The number of carboxylic acids is 1. The van der Waals surface area contributed by atoms with E-state index in [0.717, 1.165) is 22.3 Å². The van der Waals surface area contributed by atoms with E-state index in [-0.39, 0.29) is 18.9 Å². The summed E-state index contributed by atoms with van der Waals surface area (Å²) in [6, 6.07) is 28.9. The first-order valence-electron chi connectivity index (χ1n) is 12.6. The normalized spacial score (nSPS) is 12.6. The number of carbonyl (C=O) groups is 3. The van der Waals surface area contributed by atoms with E-state index in [2.05, 4.69) is 5.32 Å². The maximum atomic E-state index is 12.8. The lowest BCUT2D eigenvalue weighted by atomic mass is 9.92. The summed E-state index contributed by atoms with van der Waals surface area (Å²) in [7, 11) is 1.31. The first kappa shape index (κ1) is 25.7. The number of aliphatic carboxylic acids is 1. The van der Waals surface area contributed by atoms with Gasteiger partial charge in [-0.2, -0.15) is 0 Å². The Hall–Kier alpha value is -4.91. The molecule has 1 unspecified atom stereocenters. The fourth-order valence-corrected chi connectivity index (χ4v) is 5.17. The molecular formula is C32H27NO6. The third kappa shape index (κ3) is 5.25. The number of hydrogen-bond donors (Lipinski definition) is 2. The fraction of sp³-hybridized carbons (Fsp3) is 0.156. The number of nitrogens with one attached hydrogen (secondary N) is 1. The second kappa shape index (κ2) is 11.2. The molecule has 7 heteroatoms. The Labute approximate surface area is 226 Å². The predicted octanol–water partition coefficient (Wildman–Crippen LogP) is 5.67. The van der Waals surface area contributed by atoms with Crippen LogP contribution in [-0.2, 0) is 20.7 Å². The summed E-state index contributed by atoms with van der Waals surface area (Å²) >= 11 is 0. The molecule has 0 bridgehead atoms.